The summed E-state index contributed by atoms with van der Waals surface area (Å²) < 4.78 is 26.9. The largest absolute Gasteiger partial charge is 0.294 e. The third-order valence-electron chi connectivity index (χ3n) is 5.35. The molecule has 0 aromatic heterocycles. The molecule has 2 atom stereocenters. The highest BCUT2D eigenvalue weighted by molar-refractivity contribution is 7.90. The fourth-order valence-corrected chi connectivity index (χ4v) is 6.18. The molecule has 1 saturated carbocycles. The highest BCUT2D eigenvalue weighted by Crippen LogP contribution is 2.39. The molecule has 3 fully saturated rings. The van der Waals surface area contributed by atoms with Crippen molar-refractivity contribution in [1.29, 1.82) is 5.26 Å². The van der Waals surface area contributed by atoms with Crippen LogP contribution in [0.25, 0.3) is 0 Å². The van der Waals surface area contributed by atoms with Gasteiger partial charge in [0.1, 0.15) is 0 Å². The van der Waals surface area contributed by atoms with Crippen LogP contribution in [0.2, 0.25) is 0 Å². The van der Waals surface area contributed by atoms with Crippen molar-refractivity contribution in [2.75, 3.05) is 13.1 Å². The van der Waals surface area contributed by atoms with Crippen molar-refractivity contribution in [2.24, 2.45) is 0 Å². The predicted molar refractivity (Wildman–Crippen MR) is 87.0 cm³/mol. The maximum Gasteiger partial charge on any atom is 0.217 e. The van der Waals surface area contributed by atoms with E-state index < -0.39 is 10.0 Å². The smallest absolute Gasteiger partial charge is 0.217 e. The van der Waals surface area contributed by atoms with E-state index in [0.29, 0.717) is 18.2 Å². The van der Waals surface area contributed by atoms with Crippen LogP contribution in [-0.2, 0) is 16.6 Å². The normalized spacial score (nSPS) is 28.7. The molecule has 2 aliphatic heterocycles. The topological polar surface area (TPSA) is 64.4 Å². The second-order valence-electron chi connectivity index (χ2n) is 6.85. The average molecular weight is 331 g/mol. The summed E-state index contributed by atoms with van der Waals surface area (Å²) in [7, 11) is -3.06. The first-order valence-corrected chi connectivity index (χ1v) is 9.83. The lowest BCUT2D eigenvalue weighted by molar-refractivity contribution is 0.240. The minimum atomic E-state index is -3.06. The van der Waals surface area contributed by atoms with Crippen LogP contribution in [0.3, 0.4) is 0 Å². The van der Waals surface area contributed by atoms with E-state index >= 15 is 0 Å². The molecule has 2 heterocycles. The molecule has 23 heavy (non-hydrogen) atoms. The molecule has 1 aromatic rings. The van der Waals surface area contributed by atoms with E-state index in [9.17, 15) is 8.42 Å². The molecule has 3 aliphatic rings. The Morgan fingerprint density at radius 2 is 1.91 bits per heavy atom. The maximum atomic E-state index is 12.6. The lowest BCUT2D eigenvalue weighted by atomic mass is 10.1. The Kier molecular flexibility index (Phi) is 3.67. The van der Waals surface area contributed by atoms with Crippen molar-refractivity contribution in [3.05, 3.63) is 35.4 Å². The van der Waals surface area contributed by atoms with Crippen molar-refractivity contribution < 1.29 is 8.42 Å². The highest BCUT2D eigenvalue weighted by atomic mass is 32.2. The van der Waals surface area contributed by atoms with Gasteiger partial charge < -0.3 is 0 Å². The molecule has 6 heteroatoms. The average Bonchev–Trinajstić information content (AvgIpc) is 3.22. The monoisotopic (exact) mass is 331 g/mol. The lowest BCUT2D eigenvalue weighted by Gasteiger charge is -2.25. The first-order chi connectivity index (χ1) is 11.1. The van der Waals surface area contributed by atoms with Crippen LogP contribution in [0.1, 0.15) is 36.8 Å². The zero-order chi connectivity index (χ0) is 16.0. The van der Waals surface area contributed by atoms with Crippen LogP contribution in [0.5, 0.6) is 0 Å². The van der Waals surface area contributed by atoms with E-state index in [0.717, 1.165) is 44.3 Å². The summed E-state index contributed by atoms with van der Waals surface area (Å²) >= 11 is 0. The van der Waals surface area contributed by atoms with Gasteiger partial charge in [0.15, 0.2) is 0 Å². The van der Waals surface area contributed by atoms with Crippen LogP contribution in [0.4, 0.5) is 0 Å². The Morgan fingerprint density at radius 3 is 2.65 bits per heavy atom. The molecule has 0 unspecified atom stereocenters. The fraction of sp³-hybridized carbons (Fsp3) is 0.588. The molecule has 0 radical (unpaired) electrons. The molecule has 1 aliphatic carbocycles. The predicted octanol–water partition coefficient (Wildman–Crippen LogP) is 1.70. The number of hydrogen-bond donors (Lipinski definition) is 0. The van der Waals surface area contributed by atoms with Crippen LogP contribution in [-0.4, -0.2) is 48.0 Å². The first kappa shape index (κ1) is 15.1. The van der Waals surface area contributed by atoms with Crippen molar-refractivity contribution in [3.8, 4) is 6.07 Å². The molecule has 2 saturated heterocycles. The van der Waals surface area contributed by atoms with Gasteiger partial charge in [0.25, 0.3) is 0 Å². The standard InChI is InChI=1S/C17H21N3O2S/c18-11-13-2-1-3-14(10-13)12-19-8-6-17-16(19)7-9-20(17)23(21,22)15-4-5-15/h1-3,10,15-17H,4-9,12H2/t16-,17+/m0/s1. The molecule has 122 valence electrons. The van der Waals surface area contributed by atoms with Crippen LogP contribution in [0, 0.1) is 11.3 Å². The summed E-state index contributed by atoms with van der Waals surface area (Å²) in [6, 6.07) is 10.4. The molecule has 0 bridgehead atoms. The summed E-state index contributed by atoms with van der Waals surface area (Å²) in [5, 5.41) is 8.91. The third-order valence-corrected chi connectivity index (χ3v) is 7.78. The van der Waals surface area contributed by atoms with E-state index in [4.69, 9.17) is 5.26 Å². The number of likely N-dealkylation sites (tertiary alicyclic amines) is 1. The van der Waals surface area contributed by atoms with E-state index in [-0.39, 0.29) is 11.3 Å². The van der Waals surface area contributed by atoms with Gasteiger partial charge in [-0.3, -0.25) is 4.90 Å². The highest BCUT2D eigenvalue weighted by Gasteiger charge is 2.50. The minimum Gasteiger partial charge on any atom is -0.294 e. The molecule has 4 rings (SSSR count). The molecule has 0 N–H and O–H groups in total. The van der Waals surface area contributed by atoms with Crippen LogP contribution < -0.4 is 0 Å². The quantitative estimate of drug-likeness (QED) is 0.842. The number of benzene rings is 1. The number of nitriles is 1. The molecule has 1 aromatic carbocycles. The van der Waals surface area contributed by atoms with Gasteiger partial charge in [0.05, 0.1) is 16.9 Å². The van der Waals surface area contributed by atoms with Gasteiger partial charge in [-0.1, -0.05) is 12.1 Å². The summed E-state index contributed by atoms with van der Waals surface area (Å²) in [4.78, 5) is 2.39. The van der Waals surface area contributed by atoms with E-state index in [2.05, 4.69) is 11.0 Å². The third kappa shape index (κ3) is 2.67. The maximum absolute atomic E-state index is 12.6. The molecule has 5 nitrogen and oxygen atoms in total. The van der Waals surface area contributed by atoms with Gasteiger partial charge in [-0.15, -0.1) is 0 Å². The summed E-state index contributed by atoms with van der Waals surface area (Å²) in [5.74, 6) is 0. The van der Waals surface area contributed by atoms with Crippen LogP contribution >= 0.6 is 0 Å². The van der Waals surface area contributed by atoms with Gasteiger partial charge >= 0.3 is 0 Å². The Morgan fingerprint density at radius 1 is 1.13 bits per heavy atom. The summed E-state index contributed by atoms with van der Waals surface area (Å²) in [6.07, 6.45) is 3.52. The summed E-state index contributed by atoms with van der Waals surface area (Å²) in [5.41, 5.74) is 1.82. The second kappa shape index (κ2) is 5.59. The zero-order valence-electron chi connectivity index (χ0n) is 13.1. The number of sulfonamides is 1. The Labute approximate surface area is 137 Å². The van der Waals surface area contributed by atoms with E-state index in [1.165, 1.54) is 0 Å². The summed E-state index contributed by atoms with van der Waals surface area (Å²) in [6.45, 7) is 2.40. The fourth-order valence-electron chi connectivity index (χ4n) is 4.08. The lowest BCUT2D eigenvalue weighted by Crippen LogP contribution is -2.41. The Bertz CT molecular complexity index is 751. The van der Waals surface area contributed by atoms with Crippen molar-refractivity contribution in [2.45, 2.75) is 49.6 Å². The Hall–Kier alpha value is -1.42. The molecule has 0 amide bonds. The second-order valence-corrected chi connectivity index (χ2v) is 9.02. The van der Waals surface area contributed by atoms with Crippen molar-refractivity contribution in [3.63, 3.8) is 0 Å². The van der Waals surface area contributed by atoms with Gasteiger partial charge in [0.2, 0.25) is 10.0 Å². The van der Waals surface area contributed by atoms with Gasteiger partial charge in [-0.2, -0.15) is 9.57 Å². The molecule has 0 spiro atoms. The van der Waals surface area contributed by atoms with E-state index in [1.54, 1.807) is 4.31 Å². The first-order valence-electron chi connectivity index (χ1n) is 8.33. The van der Waals surface area contributed by atoms with E-state index in [1.807, 2.05) is 24.3 Å². The SMILES string of the molecule is N#Cc1cccc(CN2CC[C@@H]3[C@@H]2CCN3S(=O)(=O)C2CC2)c1. The Balaban J connectivity index is 1.48. The molecular weight excluding hydrogens is 310 g/mol. The zero-order valence-corrected chi connectivity index (χ0v) is 13.9. The number of nitrogens with zero attached hydrogens (tertiary/aromatic N) is 3. The van der Waals surface area contributed by atoms with Crippen molar-refractivity contribution >= 4 is 10.0 Å². The van der Waals surface area contributed by atoms with Crippen LogP contribution in [0.15, 0.2) is 24.3 Å². The number of hydrogen-bond acceptors (Lipinski definition) is 4. The van der Waals surface area contributed by atoms with Crippen molar-refractivity contribution in [1.82, 2.24) is 9.21 Å². The van der Waals surface area contributed by atoms with Gasteiger partial charge in [-0.25, -0.2) is 8.42 Å². The van der Waals surface area contributed by atoms with Gasteiger partial charge in [-0.05, 0) is 43.4 Å². The number of fused-ring (bicyclic) bond motifs is 1. The molecular formula is C17H21N3O2S. The van der Waals surface area contributed by atoms with Gasteiger partial charge in [0, 0.05) is 31.7 Å². The minimum absolute atomic E-state index is 0.109. The number of rotatable bonds is 4.